The van der Waals surface area contributed by atoms with Gasteiger partial charge in [0.2, 0.25) is 0 Å². The Bertz CT molecular complexity index is 273. The number of allylic oxidation sites excluding steroid dienone is 1. The molecule has 5 nitrogen and oxygen atoms in total. The normalized spacial score (nSPS) is 23.4. The summed E-state index contributed by atoms with van der Waals surface area (Å²) < 4.78 is 5.37. The van der Waals surface area contributed by atoms with Gasteiger partial charge in [0.25, 0.3) is 0 Å². The largest absolute Gasteiger partial charge is 0.396 e. The van der Waals surface area contributed by atoms with Gasteiger partial charge in [0, 0.05) is 31.7 Å². The average Bonchev–Trinajstić information content (AvgIpc) is 2.82. The van der Waals surface area contributed by atoms with E-state index < -0.39 is 0 Å². The second-order valence-corrected chi connectivity index (χ2v) is 4.74. The fraction of sp³-hybridized carbons (Fsp3) is 0.769. The summed E-state index contributed by atoms with van der Waals surface area (Å²) in [5.74, 6) is 0. The Hall–Kier alpha value is -1.07. The van der Waals surface area contributed by atoms with E-state index in [1.165, 1.54) is 0 Å². The number of aliphatic hydroxyl groups excluding tert-OH is 1. The number of aliphatic hydroxyl groups is 1. The number of urea groups is 1. The van der Waals surface area contributed by atoms with Gasteiger partial charge in [0.1, 0.15) is 0 Å². The first-order valence-corrected chi connectivity index (χ1v) is 6.54. The van der Waals surface area contributed by atoms with E-state index in [2.05, 4.69) is 10.6 Å². The highest BCUT2D eigenvalue weighted by molar-refractivity contribution is 5.73. The molecule has 1 aliphatic heterocycles. The Morgan fingerprint density at radius 1 is 1.50 bits per heavy atom. The molecule has 1 rings (SSSR count). The zero-order valence-electron chi connectivity index (χ0n) is 11.1. The van der Waals surface area contributed by atoms with Crippen molar-refractivity contribution in [2.45, 2.75) is 26.2 Å². The molecular weight excluding hydrogens is 232 g/mol. The van der Waals surface area contributed by atoms with Gasteiger partial charge in [-0.25, -0.2) is 4.79 Å². The summed E-state index contributed by atoms with van der Waals surface area (Å²) in [4.78, 5) is 11.6. The van der Waals surface area contributed by atoms with Gasteiger partial charge in [-0.3, -0.25) is 0 Å². The molecule has 1 aliphatic rings. The maximum absolute atomic E-state index is 11.6. The Labute approximate surface area is 109 Å². The van der Waals surface area contributed by atoms with Crippen LogP contribution in [0.5, 0.6) is 0 Å². The van der Waals surface area contributed by atoms with E-state index in [4.69, 9.17) is 9.84 Å². The number of ether oxygens (including phenoxy) is 1. The molecule has 1 heterocycles. The number of nitrogens with one attached hydrogen (secondary N) is 2. The summed E-state index contributed by atoms with van der Waals surface area (Å²) in [5, 5.41) is 14.7. The molecule has 0 aromatic rings. The molecule has 18 heavy (non-hydrogen) atoms. The lowest BCUT2D eigenvalue weighted by atomic mass is 9.84. The van der Waals surface area contributed by atoms with Gasteiger partial charge < -0.3 is 20.5 Å². The Balaban J connectivity index is 2.23. The van der Waals surface area contributed by atoms with Crippen LogP contribution in [0.4, 0.5) is 4.79 Å². The van der Waals surface area contributed by atoms with Crippen molar-refractivity contribution in [3.05, 3.63) is 12.2 Å². The van der Waals surface area contributed by atoms with Gasteiger partial charge >= 0.3 is 6.03 Å². The molecule has 0 aliphatic carbocycles. The van der Waals surface area contributed by atoms with Crippen molar-refractivity contribution >= 4 is 6.03 Å². The highest BCUT2D eigenvalue weighted by Gasteiger charge is 2.34. The summed E-state index contributed by atoms with van der Waals surface area (Å²) in [6.45, 7) is 4.62. The summed E-state index contributed by atoms with van der Waals surface area (Å²) in [6, 6.07) is -0.149. The molecule has 104 valence electrons. The fourth-order valence-electron chi connectivity index (χ4n) is 2.08. The van der Waals surface area contributed by atoms with E-state index >= 15 is 0 Å². The maximum atomic E-state index is 11.6. The predicted molar refractivity (Wildman–Crippen MR) is 70.4 cm³/mol. The molecule has 0 aromatic carbocycles. The fourth-order valence-corrected chi connectivity index (χ4v) is 2.08. The van der Waals surface area contributed by atoms with Crippen molar-refractivity contribution in [1.82, 2.24) is 10.6 Å². The molecule has 0 saturated carbocycles. The smallest absolute Gasteiger partial charge is 0.314 e. The lowest BCUT2D eigenvalue weighted by Crippen LogP contribution is -2.43. The van der Waals surface area contributed by atoms with Gasteiger partial charge in [-0.2, -0.15) is 0 Å². The number of amides is 2. The van der Waals surface area contributed by atoms with Gasteiger partial charge in [-0.05, 0) is 26.2 Å². The lowest BCUT2D eigenvalue weighted by Gasteiger charge is -2.26. The predicted octanol–water partition coefficient (Wildman–Crippen LogP) is 1.04. The topological polar surface area (TPSA) is 70.6 Å². The van der Waals surface area contributed by atoms with Gasteiger partial charge in [0.05, 0.1) is 6.61 Å². The van der Waals surface area contributed by atoms with Crippen molar-refractivity contribution in [3.8, 4) is 0 Å². The minimum atomic E-state index is -0.149. The number of rotatable bonds is 7. The van der Waals surface area contributed by atoms with E-state index in [-0.39, 0.29) is 18.1 Å². The van der Waals surface area contributed by atoms with E-state index in [1.807, 2.05) is 19.1 Å². The molecule has 2 amide bonds. The first kappa shape index (κ1) is 15.0. The Kier molecular flexibility index (Phi) is 6.75. The molecule has 0 bridgehead atoms. The second kappa shape index (κ2) is 8.11. The maximum Gasteiger partial charge on any atom is 0.314 e. The van der Waals surface area contributed by atoms with Crippen LogP contribution < -0.4 is 10.6 Å². The second-order valence-electron chi connectivity index (χ2n) is 4.74. The highest BCUT2D eigenvalue weighted by atomic mass is 16.5. The molecule has 1 unspecified atom stereocenters. The van der Waals surface area contributed by atoms with Gasteiger partial charge in [-0.1, -0.05) is 12.2 Å². The van der Waals surface area contributed by atoms with E-state index in [0.29, 0.717) is 32.7 Å². The van der Waals surface area contributed by atoms with Gasteiger partial charge in [0.15, 0.2) is 0 Å². The van der Waals surface area contributed by atoms with Crippen molar-refractivity contribution in [2.24, 2.45) is 5.41 Å². The van der Waals surface area contributed by atoms with Crippen LogP contribution in [0.1, 0.15) is 26.2 Å². The quantitative estimate of drug-likeness (QED) is 0.471. The van der Waals surface area contributed by atoms with E-state index in [9.17, 15) is 4.79 Å². The van der Waals surface area contributed by atoms with Crippen LogP contribution in [0.3, 0.4) is 0 Å². The van der Waals surface area contributed by atoms with Crippen molar-refractivity contribution in [1.29, 1.82) is 0 Å². The van der Waals surface area contributed by atoms with Crippen LogP contribution in [0.25, 0.3) is 0 Å². The zero-order chi connectivity index (χ0) is 13.3. The Morgan fingerprint density at radius 2 is 2.33 bits per heavy atom. The average molecular weight is 256 g/mol. The third-order valence-electron chi connectivity index (χ3n) is 3.28. The molecule has 0 radical (unpaired) electrons. The molecule has 1 saturated heterocycles. The highest BCUT2D eigenvalue weighted by Crippen LogP contribution is 2.31. The summed E-state index contributed by atoms with van der Waals surface area (Å²) in [7, 11) is 0. The number of carbonyl (C=O) groups is 1. The summed E-state index contributed by atoms with van der Waals surface area (Å²) in [5.41, 5.74) is -0.0879. The molecule has 1 fully saturated rings. The van der Waals surface area contributed by atoms with Crippen LogP contribution >= 0.6 is 0 Å². The molecular formula is C13H24N2O3. The minimum Gasteiger partial charge on any atom is -0.396 e. The van der Waals surface area contributed by atoms with E-state index in [1.54, 1.807) is 0 Å². The first-order valence-electron chi connectivity index (χ1n) is 6.54. The van der Waals surface area contributed by atoms with Gasteiger partial charge in [-0.15, -0.1) is 0 Å². The monoisotopic (exact) mass is 256 g/mol. The first-order chi connectivity index (χ1) is 8.72. The van der Waals surface area contributed by atoms with Crippen molar-refractivity contribution < 1.29 is 14.6 Å². The third kappa shape index (κ3) is 5.06. The van der Waals surface area contributed by atoms with Crippen LogP contribution in [0.2, 0.25) is 0 Å². The van der Waals surface area contributed by atoms with Crippen LogP contribution in [-0.4, -0.2) is 44.0 Å². The Morgan fingerprint density at radius 3 is 2.94 bits per heavy atom. The summed E-state index contributed by atoms with van der Waals surface area (Å²) in [6.07, 6.45) is 6.39. The molecule has 0 spiro atoms. The van der Waals surface area contributed by atoms with Crippen molar-refractivity contribution in [3.63, 3.8) is 0 Å². The van der Waals surface area contributed by atoms with Crippen molar-refractivity contribution in [2.75, 3.05) is 32.9 Å². The number of hydrogen-bond acceptors (Lipinski definition) is 3. The zero-order valence-corrected chi connectivity index (χ0v) is 11.1. The number of hydrogen-bond donors (Lipinski definition) is 3. The third-order valence-corrected chi connectivity index (χ3v) is 3.28. The molecule has 3 N–H and O–H groups in total. The van der Waals surface area contributed by atoms with Crippen LogP contribution in [-0.2, 0) is 4.74 Å². The van der Waals surface area contributed by atoms with E-state index in [0.717, 1.165) is 12.8 Å². The lowest BCUT2D eigenvalue weighted by molar-refractivity contribution is 0.125. The standard InChI is InChI=1S/C13H24N2O3/c1-2-3-4-7-14-12(17)15-10-13(5-8-16)6-9-18-11-13/h2-3,16H,4-11H2,1H3,(H2,14,15,17)/b3-2+. The van der Waals surface area contributed by atoms with Crippen LogP contribution in [0, 0.1) is 5.41 Å². The summed E-state index contributed by atoms with van der Waals surface area (Å²) >= 11 is 0. The van der Waals surface area contributed by atoms with Crippen LogP contribution in [0.15, 0.2) is 12.2 Å². The molecule has 1 atom stereocenters. The molecule has 0 aromatic heterocycles. The minimum absolute atomic E-state index is 0.0879. The number of carbonyl (C=O) groups excluding carboxylic acids is 1. The molecule has 5 heteroatoms. The SMILES string of the molecule is C/C=C/CCNC(=O)NCC1(CCO)CCOC1.